The number of carbonyl (C=O) groups excluding carboxylic acids is 1. The van der Waals surface area contributed by atoms with E-state index in [1.807, 2.05) is 0 Å². The third-order valence-electron chi connectivity index (χ3n) is 4.39. The molecule has 0 radical (unpaired) electrons. The number of hydrogen-bond donors (Lipinski definition) is 2. The fourth-order valence-corrected chi connectivity index (χ4v) is 4.39. The van der Waals surface area contributed by atoms with E-state index >= 15 is 0 Å². The molecule has 1 amide bonds. The number of amides is 1. The first kappa shape index (κ1) is 20.0. The summed E-state index contributed by atoms with van der Waals surface area (Å²) in [4.78, 5) is 24.3. The zero-order valence-electron chi connectivity index (χ0n) is 14.9. The SMILES string of the molecule is O=C(O)C(Cc1ccccc1)NC(=O)C1COCN1S(=O)(=O)c1ccccc1. The Labute approximate surface area is 162 Å². The van der Waals surface area contributed by atoms with Crippen LogP contribution in [0.3, 0.4) is 0 Å². The van der Waals surface area contributed by atoms with Crippen molar-refractivity contribution in [1.29, 1.82) is 0 Å². The van der Waals surface area contributed by atoms with Gasteiger partial charge in [0.25, 0.3) is 0 Å². The van der Waals surface area contributed by atoms with E-state index in [2.05, 4.69) is 5.32 Å². The molecule has 1 heterocycles. The molecule has 1 fully saturated rings. The molecule has 2 aromatic rings. The number of aliphatic carboxylic acids is 1. The number of benzene rings is 2. The molecule has 148 valence electrons. The van der Waals surface area contributed by atoms with Gasteiger partial charge >= 0.3 is 5.97 Å². The summed E-state index contributed by atoms with van der Waals surface area (Å²) >= 11 is 0. The first-order chi connectivity index (χ1) is 13.4. The van der Waals surface area contributed by atoms with Gasteiger partial charge in [0, 0.05) is 6.42 Å². The van der Waals surface area contributed by atoms with E-state index in [1.54, 1.807) is 48.5 Å². The van der Waals surface area contributed by atoms with Gasteiger partial charge in [0.15, 0.2) is 0 Å². The summed E-state index contributed by atoms with van der Waals surface area (Å²) in [5, 5.41) is 11.9. The maximum absolute atomic E-state index is 12.8. The minimum atomic E-state index is -3.95. The van der Waals surface area contributed by atoms with Crippen molar-refractivity contribution in [2.45, 2.75) is 23.4 Å². The first-order valence-corrected chi connectivity index (χ1v) is 10.1. The van der Waals surface area contributed by atoms with Crippen LogP contribution in [0.25, 0.3) is 0 Å². The molecule has 8 nitrogen and oxygen atoms in total. The van der Waals surface area contributed by atoms with Crippen molar-refractivity contribution in [1.82, 2.24) is 9.62 Å². The van der Waals surface area contributed by atoms with Crippen LogP contribution in [0, 0.1) is 0 Å². The molecule has 1 aliphatic rings. The molecule has 3 rings (SSSR count). The van der Waals surface area contributed by atoms with E-state index < -0.39 is 34.0 Å². The zero-order valence-corrected chi connectivity index (χ0v) is 15.7. The maximum Gasteiger partial charge on any atom is 0.326 e. The van der Waals surface area contributed by atoms with Crippen molar-refractivity contribution in [2.75, 3.05) is 13.3 Å². The third kappa shape index (κ3) is 4.38. The molecule has 28 heavy (non-hydrogen) atoms. The molecule has 0 aromatic heterocycles. The van der Waals surface area contributed by atoms with Gasteiger partial charge in [0.05, 0.1) is 11.5 Å². The number of nitrogens with zero attached hydrogens (tertiary/aromatic N) is 1. The molecule has 2 unspecified atom stereocenters. The lowest BCUT2D eigenvalue weighted by Gasteiger charge is -2.23. The average molecular weight is 404 g/mol. The normalized spacial score (nSPS) is 18.5. The molecule has 1 saturated heterocycles. The Morgan fingerprint density at radius 1 is 1.11 bits per heavy atom. The minimum Gasteiger partial charge on any atom is -0.480 e. The highest BCUT2D eigenvalue weighted by atomic mass is 32.2. The lowest BCUT2D eigenvalue weighted by atomic mass is 10.1. The molecule has 0 aliphatic carbocycles. The topological polar surface area (TPSA) is 113 Å². The quantitative estimate of drug-likeness (QED) is 0.707. The number of nitrogens with one attached hydrogen (secondary N) is 1. The van der Waals surface area contributed by atoms with E-state index in [-0.39, 0.29) is 24.7 Å². The third-order valence-corrected chi connectivity index (χ3v) is 6.24. The Kier molecular flexibility index (Phi) is 6.08. The number of carbonyl (C=O) groups is 2. The van der Waals surface area contributed by atoms with Crippen LogP contribution in [0.1, 0.15) is 5.56 Å². The van der Waals surface area contributed by atoms with Crippen molar-refractivity contribution in [2.24, 2.45) is 0 Å². The highest BCUT2D eigenvalue weighted by Crippen LogP contribution is 2.22. The summed E-state index contributed by atoms with van der Waals surface area (Å²) in [5.74, 6) is -1.91. The van der Waals surface area contributed by atoms with Crippen molar-refractivity contribution in [3.8, 4) is 0 Å². The lowest BCUT2D eigenvalue weighted by Crippen LogP contribution is -2.52. The number of rotatable bonds is 7. The van der Waals surface area contributed by atoms with Crippen molar-refractivity contribution in [3.63, 3.8) is 0 Å². The molecule has 2 aromatic carbocycles. The van der Waals surface area contributed by atoms with Crippen LogP contribution in [0.4, 0.5) is 0 Å². The molecular formula is C19H20N2O6S. The van der Waals surface area contributed by atoms with Gasteiger partial charge in [-0.05, 0) is 17.7 Å². The molecule has 2 N–H and O–H groups in total. The van der Waals surface area contributed by atoms with Gasteiger partial charge in [-0.2, -0.15) is 4.31 Å². The number of carboxylic acids is 1. The summed E-state index contributed by atoms with van der Waals surface area (Å²) in [6, 6.07) is 14.3. The first-order valence-electron chi connectivity index (χ1n) is 8.61. The fraction of sp³-hybridized carbons (Fsp3) is 0.263. The summed E-state index contributed by atoms with van der Waals surface area (Å²) < 4.78 is 31.8. The molecule has 0 saturated carbocycles. The predicted molar refractivity (Wildman–Crippen MR) is 99.8 cm³/mol. The predicted octanol–water partition coefficient (Wildman–Crippen LogP) is 0.846. The van der Waals surface area contributed by atoms with Gasteiger partial charge in [0.2, 0.25) is 15.9 Å². The van der Waals surface area contributed by atoms with Gasteiger partial charge in [0.1, 0.15) is 18.8 Å². The summed E-state index contributed by atoms with van der Waals surface area (Å²) in [5.41, 5.74) is 0.742. The zero-order chi connectivity index (χ0) is 20.1. The largest absolute Gasteiger partial charge is 0.480 e. The van der Waals surface area contributed by atoms with Crippen LogP contribution < -0.4 is 5.32 Å². The van der Waals surface area contributed by atoms with Crippen molar-refractivity contribution < 1.29 is 27.9 Å². The summed E-state index contributed by atoms with van der Waals surface area (Å²) in [6.07, 6.45) is 0.0843. The van der Waals surface area contributed by atoms with Crippen LogP contribution in [0.5, 0.6) is 0 Å². The lowest BCUT2D eigenvalue weighted by molar-refractivity contribution is -0.142. The highest BCUT2D eigenvalue weighted by Gasteiger charge is 2.41. The Morgan fingerprint density at radius 3 is 2.32 bits per heavy atom. The number of hydrogen-bond acceptors (Lipinski definition) is 5. The summed E-state index contributed by atoms with van der Waals surface area (Å²) in [7, 11) is -3.95. The molecule has 1 aliphatic heterocycles. The minimum absolute atomic E-state index is 0.0392. The molecule has 9 heteroatoms. The molecule has 0 spiro atoms. The van der Waals surface area contributed by atoms with Crippen molar-refractivity contribution >= 4 is 21.9 Å². The molecule has 2 atom stereocenters. The van der Waals surface area contributed by atoms with Crippen LogP contribution in [0.15, 0.2) is 65.6 Å². The Morgan fingerprint density at radius 2 is 1.71 bits per heavy atom. The van der Waals surface area contributed by atoms with Crippen LogP contribution in [-0.2, 0) is 30.8 Å². The van der Waals surface area contributed by atoms with E-state index in [0.29, 0.717) is 0 Å². The molecule has 0 bridgehead atoms. The maximum atomic E-state index is 12.8. The van der Waals surface area contributed by atoms with Crippen LogP contribution >= 0.6 is 0 Å². The van der Waals surface area contributed by atoms with Gasteiger partial charge in [-0.3, -0.25) is 4.79 Å². The van der Waals surface area contributed by atoms with Gasteiger partial charge in [-0.1, -0.05) is 48.5 Å². The second-order valence-electron chi connectivity index (χ2n) is 6.31. The van der Waals surface area contributed by atoms with Crippen molar-refractivity contribution in [3.05, 3.63) is 66.2 Å². The van der Waals surface area contributed by atoms with Crippen LogP contribution in [-0.4, -0.2) is 55.1 Å². The fourth-order valence-electron chi connectivity index (χ4n) is 2.92. The Hall–Kier alpha value is -2.75. The number of carboxylic acid groups (broad SMARTS) is 1. The van der Waals surface area contributed by atoms with Crippen LogP contribution in [0.2, 0.25) is 0 Å². The molecular weight excluding hydrogens is 384 g/mol. The number of sulfonamides is 1. The summed E-state index contributed by atoms with van der Waals surface area (Å²) in [6.45, 7) is -0.415. The smallest absolute Gasteiger partial charge is 0.326 e. The number of ether oxygens (including phenoxy) is 1. The van der Waals surface area contributed by atoms with E-state index in [9.17, 15) is 23.1 Å². The van der Waals surface area contributed by atoms with Gasteiger partial charge in [-0.15, -0.1) is 0 Å². The Bertz CT molecular complexity index is 933. The standard InChI is InChI=1S/C19H20N2O6S/c22-18(20-16(19(23)24)11-14-7-3-1-4-8-14)17-12-27-13-21(17)28(25,26)15-9-5-2-6-10-15/h1-10,16-17H,11-13H2,(H,20,22)(H,23,24). The monoisotopic (exact) mass is 404 g/mol. The van der Waals surface area contributed by atoms with Gasteiger partial charge in [-0.25, -0.2) is 13.2 Å². The van der Waals surface area contributed by atoms with Gasteiger partial charge < -0.3 is 15.2 Å². The van der Waals surface area contributed by atoms with E-state index in [4.69, 9.17) is 4.74 Å². The second kappa shape index (κ2) is 8.51. The van der Waals surface area contributed by atoms with E-state index in [0.717, 1.165) is 9.87 Å². The average Bonchev–Trinajstić information content (AvgIpc) is 3.20. The highest BCUT2D eigenvalue weighted by molar-refractivity contribution is 7.89. The Balaban J connectivity index is 1.76. The second-order valence-corrected chi connectivity index (χ2v) is 8.20. The van der Waals surface area contributed by atoms with E-state index in [1.165, 1.54) is 12.1 Å².